The van der Waals surface area contributed by atoms with Crippen LogP contribution in [0.15, 0.2) is 24.5 Å². The molecule has 0 aromatic carbocycles. The van der Waals surface area contributed by atoms with Crippen molar-refractivity contribution in [1.82, 2.24) is 0 Å². The number of rotatable bonds is 5. The number of hydrogen-bond donors (Lipinski definition) is 1. The summed E-state index contributed by atoms with van der Waals surface area (Å²) in [5, 5.41) is 0. The Labute approximate surface area is 83.3 Å². The number of carbonyl (C=O) groups excluding carboxylic acids is 1. The number of hydrogen-bond acceptors (Lipinski definition) is 2. The van der Waals surface area contributed by atoms with Crippen LogP contribution in [0, 0.1) is 0 Å². The number of pyridine rings is 1. The molecule has 0 aliphatic rings. The molecule has 1 amide bonds. The zero-order valence-electron chi connectivity index (χ0n) is 8.27. The predicted octanol–water partition coefficient (Wildman–Crippen LogP) is 0.457. The highest BCUT2D eigenvalue weighted by atomic mass is 16.5. The van der Waals surface area contributed by atoms with Gasteiger partial charge in [0.1, 0.15) is 5.56 Å². The maximum absolute atomic E-state index is 10.9. The summed E-state index contributed by atoms with van der Waals surface area (Å²) in [6.45, 7) is 3.22. The van der Waals surface area contributed by atoms with E-state index in [9.17, 15) is 4.79 Å². The highest BCUT2D eigenvalue weighted by Crippen LogP contribution is 1.92. The van der Waals surface area contributed by atoms with Crippen molar-refractivity contribution < 1.29 is 14.1 Å². The van der Waals surface area contributed by atoms with Crippen molar-refractivity contribution in [3.05, 3.63) is 30.1 Å². The zero-order chi connectivity index (χ0) is 10.4. The molecule has 2 N–H and O–H groups in total. The quantitative estimate of drug-likeness (QED) is 0.548. The fourth-order valence-electron chi connectivity index (χ4n) is 1.06. The molecular weight excluding hydrogens is 180 g/mol. The summed E-state index contributed by atoms with van der Waals surface area (Å²) in [5.74, 6) is -0.421. The Morgan fingerprint density at radius 1 is 1.64 bits per heavy atom. The van der Waals surface area contributed by atoms with Crippen LogP contribution in [0.3, 0.4) is 0 Å². The lowest BCUT2D eigenvalue weighted by atomic mass is 10.3. The lowest BCUT2D eigenvalue weighted by Crippen LogP contribution is -2.35. The molecule has 4 heteroatoms. The Balaban J connectivity index is 2.59. The molecule has 0 atom stereocenters. The van der Waals surface area contributed by atoms with Crippen molar-refractivity contribution in [1.29, 1.82) is 0 Å². The third kappa shape index (κ3) is 3.14. The largest absolute Gasteiger partial charge is 0.365 e. The number of nitrogens with zero attached hydrogens (tertiary/aromatic N) is 1. The second-order valence-corrected chi connectivity index (χ2v) is 3.01. The second-order valence-electron chi connectivity index (χ2n) is 3.01. The van der Waals surface area contributed by atoms with Crippen molar-refractivity contribution in [2.45, 2.75) is 20.1 Å². The average Bonchev–Trinajstić information content (AvgIpc) is 2.19. The van der Waals surface area contributed by atoms with Gasteiger partial charge in [0.25, 0.3) is 12.6 Å². The number of primary amides is 1. The molecular formula is C10H15N2O2+. The zero-order valence-corrected chi connectivity index (χ0v) is 8.27. The van der Waals surface area contributed by atoms with E-state index in [0.29, 0.717) is 18.9 Å². The van der Waals surface area contributed by atoms with Gasteiger partial charge in [-0.05, 0) is 12.5 Å². The summed E-state index contributed by atoms with van der Waals surface area (Å²) in [6.07, 6.45) is 4.50. The van der Waals surface area contributed by atoms with Crippen LogP contribution in [0.1, 0.15) is 23.7 Å². The Morgan fingerprint density at radius 2 is 2.43 bits per heavy atom. The fourth-order valence-corrected chi connectivity index (χ4v) is 1.06. The number of nitrogens with two attached hydrogens (primary N) is 1. The molecule has 1 aromatic heterocycles. The van der Waals surface area contributed by atoms with Crippen LogP contribution in [0.25, 0.3) is 0 Å². The first kappa shape index (κ1) is 10.7. The van der Waals surface area contributed by atoms with Gasteiger partial charge < -0.3 is 10.5 Å². The SMILES string of the molecule is CCCOC[n+]1cccc(C(N)=O)c1. The molecule has 0 fully saturated rings. The topological polar surface area (TPSA) is 56.2 Å². The van der Waals surface area contributed by atoms with Crippen molar-refractivity contribution in [3.63, 3.8) is 0 Å². The molecule has 4 nitrogen and oxygen atoms in total. The van der Waals surface area contributed by atoms with Gasteiger partial charge in [0, 0.05) is 6.07 Å². The lowest BCUT2D eigenvalue weighted by molar-refractivity contribution is -0.732. The van der Waals surface area contributed by atoms with Crippen LogP contribution < -0.4 is 10.3 Å². The van der Waals surface area contributed by atoms with E-state index >= 15 is 0 Å². The van der Waals surface area contributed by atoms with E-state index in [1.807, 2.05) is 13.1 Å². The van der Waals surface area contributed by atoms with E-state index in [1.54, 1.807) is 22.9 Å². The van der Waals surface area contributed by atoms with Gasteiger partial charge >= 0.3 is 0 Å². The molecule has 1 aromatic rings. The molecule has 0 bridgehead atoms. The van der Waals surface area contributed by atoms with E-state index in [0.717, 1.165) is 6.42 Å². The predicted molar refractivity (Wildman–Crippen MR) is 51.4 cm³/mol. The Morgan fingerprint density at radius 3 is 3.07 bits per heavy atom. The van der Waals surface area contributed by atoms with Gasteiger partial charge in [0.2, 0.25) is 0 Å². The van der Waals surface area contributed by atoms with Gasteiger partial charge in [-0.1, -0.05) is 6.92 Å². The number of aromatic nitrogens is 1. The van der Waals surface area contributed by atoms with Gasteiger partial charge in [0.15, 0.2) is 12.4 Å². The molecule has 76 valence electrons. The van der Waals surface area contributed by atoms with E-state index in [2.05, 4.69) is 0 Å². The molecule has 0 unspecified atom stereocenters. The molecule has 1 heterocycles. The van der Waals surface area contributed by atoms with Crippen LogP contribution in [-0.2, 0) is 11.5 Å². The van der Waals surface area contributed by atoms with Crippen LogP contribution in [0.4, 0.5) is 0 Å². The fraction of sp³-hybridized carbons (Fsp3) is 0.400. The molecule has 0 spiro atoms. The van der Waals surface area contributed by atoms with Crippen LogP contribution >= 0.6 is 0 Å². The third-order valence-electron chi connectivity index (χ3n) is 1.73. The first-order valence-corrected chi connectivity index (χ1v) is 4.60. The van der Waals surface area contributed by atoms with Crippen molar-refractivity contribution in [3.8, 4) is 0 Å². The molecule has 0 saturated heterocycles. The first-order valence-electron chi connectivity index (χ1n) is 4.60. The van der Waals surface area contributed by atoms with Gasteiger partial charge in [-0.2, -0.15) is 4.57 Å². The molecule has 0 aliphatic heterocycles. The summed E-state index contributed by atoms with van der Waals surface area (Å²) < 4.78 is 7.10. The summed E-state index contributed by atoms with van der Waals surface area (Å²) in [6, 6.07) is 3.45. The van der Waals surface area contributed by atoms with E-state index in [1.165, 1.54) is 0 Å². The summed E-state index contributed by atoms with van der Waals surface area (Å²) in [4.78, 5) is 10.9. The number of amides is 1. The van der Waals surface area contributed by atoms with Crippen LogP contribution in [0.2, 0.25) is 0 Å². The van der Waals surface area contributed by atoms with Crippen molar-refractivity contribution >= 4 is 5.91 Å². The summed E-state index contributed by atoms with van der Waals surface area (Å²) >= 11 is 0. The maximum Gasteiger partial charge on any atom is 0.254 e. The number of carbonyl (C=O) groups is 1. The molecule has 0 radical (unpaired) electrons. The Kier molecular flexibility index (Phi) is 4.07. The first-order chi connectivity index (χ1) is 6.74. The molecule has 14 heavy (non-hydrogen) atoms. The van der Waals surface area contributed by atoms with Crippen molar-refractivity contribution in [2.75, 3.05) is 6.61 Å². The normalized spacial score (nSPS) is 10.1. The maximum atomic E-state index is 10.9. The average molecular weight is 195 g/mol. The smallest absolute Gasteiger partial charge is 0.254 e. The van der Waals surface area contributed by atoms with Gasteiger partial charge in [-0.15, -0.1) is 0 Å². The Hall–Kier alpha value is -1.42. The summed E-state index contributed by atoms with van der Waals surface area (Å²) in [5.41, 5.74) is 5.64. The number of ether oxygens (including phenoxy) is 1. The van der Waals surface area contributed by atoms with Gasteiger partial charge in [0.05, 0.1) is 6.61 Å². The highest BCUT2D eigenvalue weighted by Gasteiger charge is 2.06. The van der Waals surface area contributed by atoms with Crippen molar-refractivity contribution in [2.24, 2.45) is 5.73 Å². The van der Waals surface area contributed by atoms with E-state index in [4.69, 9.17) is 10.5 Å². The van der Waals surface area contributed by atoms with E-state index in [-0.39, 0.29) is 0 Å². The summed E-state index contributed by atoms with van der Waals surface area (Å²) in [7, 11) is 0. The van der Waals surface area contributed by atoms with Crippen LogP contribution in [0.5, 0.6) is 0 Å². The minimum absolute atomic E-state index is 0.421. The molecule has 0 aliphatic carbocycles. The Bertz CT molecular complexity index is 313. The third-order valence-corrected chi connectivity index (χ3v) is 1.73. The minimum Gasteiger partial charge on any atom is -0.365 e. The second kappa shape index (κ2) is 5.34. The van der Waals surface area contributed by atoms with Gasteiger partial charge in [-0.25, -0.2) is 0 Å². The highest BCUT2D eigenvalue weighted by molar-refractivity contribution is 5.92. The van der Waals surface area contributed by atoms with Gasteiger partial charge in [-0.3, -0.25) is 4.79 Å². The monoisotopic (exact) mass is 195 g/mol. The standard InChI is InChI=1S/C10H14N2O2/c1-2-6-14-8-12-5-3-4-9(7-12)10(11)13/h3-5,7H,2,6,8H2,1H3,(H-,11,13)/p+1. The molecule has 1 rings (SSSR count). The lowest BCUT2D eigenvalue weighted by Gasteiger charge is -1.98. The molecule has 0 saturated carbocycles. The minimum atomic E-state index is -0.421. The van der Waals surface area contributed by atoms with E-state index < -0.39 is 5.91 Å². The van der Waals surface area contributed by atoms with Crippen LogP contribution in [-0.4, -0.2) is 12.5 Å².